The average Bonchev–Trinajstić information content (AvgIpc) is 2.53. The SMILES string of the molecule is CCCOc1ccc(OC(=O)c2ccc(S(C)(=O)=O)cc2)cc1. The Hall–Kier alpha value is -2.34. The molecule has 0 saturated carbocycles. The molecule has 0 aliphatic rings. The van der Waals surface area contributed by atoms with Gasteiger partial charge in [0.15, 0.2) is 9.84 Å². The van der Waals surface area contributed by atoms with Crippen molar-refractivity contribution in [3.63, 3.8) is 0 Å². The Labute approximate surface area is 135 Å². The average molecular weight is 334 g/mol. The maximum Gasteiger partial charge on any atom is 0.343 e. The number of ether oxygens (including phenoxy) is 2. The van der Waals surface area contributed by atoms with E-state index in [1.54, 1.807) is 24.3 Å². The van der Waals surface area contributed by atoms with Crippen LogP contribution >= 0.6 is 0 Å². The first-order chi connectivity index (χ1) is 10.9. The molecule has 0 unspecified atom stereocenters. The number of esters is 1. The Morgan fingerprint density at radius 2 is 1.52 bits per heavy atom. The summed E-state index contributed by atoms with van der Waals surface area (Å²) in [6.45, 7) is 2.65. The standard InChI is InChI=1S/C17H18O5S/c1-3-12-21-14-6-8-15(9-7-14)22-17(18)13-4-10-16(11-5-13)23(2,19)20/h4-11H,3,12H2,1-2H3. The highest BCUT2D eigenvalue weighted by Crippen LogP contribution is 2.19. The van der Waals surface area contributed by atoms with Gasteiger partial charge in [-0.05, 0) is 55.0 Å². The fraction of sp³-hybridized carbons (Fsp3) is 0.235. The highest BCUT2D eigenvalue weighted by atomic mass is 32.2. The first-order valence-corrected chi connectivity index (χ1v) is 9.04. The van der Waals surface area contributed by atoms with E-state index in [1.165, 1.54) is 24.3 Å². The van der Waals surface area contributed by atoms with Crippen molar-refractivity contribution < 1.29 is 22.7 Å². The molecule has 5 nitrogen and oxygen atoms in total. The van der Waals surface area contributed by atoms with Crippen molar-refractivity contribution in [1.82, 2.24) is 0 Å². The number of hydrogen-bond donors (Lipinski definition) is 0. The van der Waals surface area contributed by atoms with E-state index in [0.717, 1.165) is 12.7 Å². The van der Waals surface area contributed by atoms with Crippen LogP contribution in [0.25, 0.3) is 0 Å². The molecular formula is C17H18O5S. The summed E-state index contributed by atoms with van der Waals surface area (Å²) in [6, 6.07) is 12.4. The maximum atomic E-state index is 12.0. The lowest BCUT2D eigenvalue weighted by atomic mass is 10.2. The van der Waals surface area contributed by atoms with Gasteiger partial charge in [-0.25, -0.2) is 13.2 Å². The number of benzene rings is 2. The van der Waals surface area contributed by atoms with E-state index in [4.69, 9.17) is 9.47 Å². The monoisotopic (exact) mass is 334 g/mol. The molecule has 6 heteroatoms. The highest BCUT2D eigenvalue weighted by molar-refractivity contribution is 7.90. The van der Waals surface area contributed by atoms with Crippen molar-refractivity contribution in [2.75, 3.05) is 12.9 Å². The van der Waals surface area contributed by atoms with Gasteiger partial charge in [0.05, 0.1) is 17.1 Å². The zero-order valence-electron chi connectivity index (χ0n) is 13.0. The zero-order valence-corrected chi connectivity index (χ0v) is 13.8. The van der Waals surface area contributed by atoms with Crippen molar-refractivity contribution in [3.8, 4) is 11.5 Å². The molecule has 0 aromatic heterocycles. The van der Waals surface area contributed by atoms with Crippen LogP contribution in [0, 0.1) is 0 Å². The van der Waals surface area contributed by atoms with Gasteiger partial charge in [0.1, 0.15) is 11.5 Å². The Balaban J connectivity index is 2.04. The molecule has 0 fully saturated rings. The van der Waals surface area contributed by atoms with E-state index >= 15 is 0 Å². The maximum absolute atomic E-state index is 12.0. The van der Waals surface area contributed by atoms with E-state index in [2.05, 4.69) is 0 Å². The number of carbonyl (C=O) groups is 1. The van der Waals surface area contributed by atoms with Crippen LogP contribution in [-0.4, -0.2) is 27.2 Å². The molecule has 0 heterocycles. The van der Waals surface area contributed by atoms with E-state index < -0.39 is 15.8 Å². The molecular weight excluding hydrogens is 316 g/mol. The summed E-state index contributed by atoms with van der Waals surface area (Å²) < 4.78 is 33.5. The van der Waals surface area contributed by atoms with Crippen molar-refractivity contribution in [1.29, 1.82) is 0 Å². The summed E-state index contributed by atoms with van der Waals surface area (Å²) >= 11 is 0. The minimum absolute atomic E-state index is 0.159. The molecule has 0 bridgehead atoms. The van der Waals surface area contributed by atoms with Gasteiger partial charge in [-0.3, -0.25) is 0 Å². The van der Waals surface area contributed by atoms with Crippen LogP contribution in [0.5, 0.6) is 11.5 Å². The molecule has 2 rings (SSSR count). The fourth-order valence-corrected chi connectivity index (χ4v) is 2.46. The third kappa shape index (κ3) is 4.82. The summed E-state index contributed by atoms with van der Waals surface area (Å²) in [7, 11) is -3.28. The topological polar surface area (TPSA) is 69.7 Å². The number of sulfone groups is 1. The first kappa shape index (κ1) is 17.0. The molecule has 0 atom stereocenters. The summed E-state index contributed by atoms with van der Waals surface area (Å²) in [6.07, 6.45) is 2.03. The van der Waals surface area contributed by atoms with E-state index in [0.29, 0.717) is 18.1 Å². The van der Waals surface area contributed by atoms with E-state index in [1.807, 2.05) is 6.92 Å². The van der Waals surface area contributed by atoms with E-state index in [9.17, 15) is 13.2 Å². The van der Waals surface area contributed by atoms with Gasteiger partial charge in [0.2, 0.25) is 0 Å². The predicted octanol–water partition coefficient (Wildman–Crippen LogP) is 3.10. The van der Waals surface area contributed by atoms with Gasteiger partial charge in [0.25, 0.3) is 0 Å². The van der Waals surface area contributed by atoms with Gasteiger partial charge in [-0.15, -0.1) is 0 Å². The van der Waals surface area contributed by atoms with Gasteiger partial charge in [-0.2, -0.15) is 0 Å². The number of carbonyl (C=O) groups excluding carboxylic acids is 1. The minimum Gasteiger partial charge on any atom is -0.494 e. The lowest BCUT2D eigenvalue weighted by Gasteiger charge is -2.07. The van der Waals surface area contributed by atoms with Crippen molar-refractivity contribution >= 4 is 15.8 Å². The van der Waals surface area contributed by atoms with Gasteiger partial charge in [-0.1, -0.05) is 6.92 Å². The summed E-state index contributed by atoms with van der Waals surface area (Å²) in [5, 5.41) is 0. The normalized spacial score (nSPS) is 11.0. The van der Waals surface area contributed by atoms with Crippen molar-refractivity contribution in [3.05, 3.63) is 54.1 Å². The molecule has 0 saturated heterocycles. The van der Waals surface area contributed by atoms with Crippen LogP contribution in [-0.2, 0) is 9.84 Å². The van der Waals surface area contributed by atoms with Crippen LogP contribution in [0.3, 0.4) is 0 Å². The summed E-state index contributed by atoms with van der Waals surface area (Å²) in [4.78, 5) is 12.2. The molecule has 0 radical (unpaired) electrons. The molecule has 0 amide bonds. The number of hydrogen-bond acceptors (Lipinski definition) is 5. The third-order valence-electron chi connectivity index (χ3n) is 3.03. The lowest BCUT2D eigenvalue weighted by Crippen LogP contribution is -2.09. The molecule has 122 valence electrons. The molecule has 2 aromatic rings. The molecule has 23 heavy (non-hydrogen) atoms. The third-order valence-corrected chi connectivity index (χ3v) is 4.15. The quantitative estimate of drug-likeness (QED) is 0.600. The zero-order chi connectivity index (χ0) is 16.9. The van der Waals surface area contributed by atoms with Gasteiger partial charge < -0.3 is 9.47 Å². The second-order valence-corrected chi connectivity index (χ2v) is 7.02. The number of rotatable bonds is 6. The van der Waals surface area contributed by atoms with Crippen LogP contribution in [0.15, 0.2) is 53.4 Å². The van der Waals surface area contributed by atoms with Crippen LogP contribution in [0.4, 0.5) is 0 Å². The fourth-order valence-electron chi connectivity index (χ4n) is 1.83. The molecule has 0 aliphatic carbocycles. The Kier molecular flexibility index (Phi) is 5.39. The van der Waals surface area contributed by atoms with Crippen LogP contribution < -0.4 is 9.47 Å². The highest BCUT2D eigenvalue weighted by Gasteiger charge is 2.11. The minimum atomic E-state index is -3.28. The lowest BCUT2D eigenvalue weighted by molar-refractivity contribution is 0.0734. The van der Waals surface area contributed by atoms with Crippen molar-refractivity contribution in [2.45, 2.75) is 18.2 Å². The summed E-state index contributed by atoms with van der Waals surface area (Å²) in [5.41, 5.74) is 0.281. The second-order valence-electron chi connectivity index (χ2n) is 5.01. The summed E-state index contributed by atoms with van der Waals surface area (Å²) in [5.74, 6) is 0.558. The Morgan fingerprint density at radius 3 is 2.04 bits per heavy atom. The largest absolute Gasteiger partial charge is 0.494 e. The first-order valence-electron chi connectivity index (χ1n) is 7.15. The predicted molar refractivity (Wildman–Crippen MR) is 86.7 cm³/mol. The van der Waals surface area contributed by atoms with Gasteiger partial charge in [0, 0.05) is 6.26 Å². The Morgan fingerprint density at radius 1 is 0.957 bits per heavy atom. The smallest absolute Gasteiger partial charge is 0.343 e. The Bertz CT molecular complexity index is 762. The van der Waals surface area contributed by atoms with Crippen LogP contribution in [0.2, 0.25) is 0 Å². The molecule has 0 aliphatic heterocycles. The van der Waals surface area contributed by atoms with Gasteiger partial charge >= 0.3 is 5.97 Å². The van der Waals surface area contributed by atoms with E-state index in [-0.39, 0.29) is 10.5 Å². The van der Waals surface area contributed by atoms with Crippen molar-refractivity contribution in [2.24, 2.45) is 0 Å². The molecule has 0 N–H and O–H groups in total. The molecule has 0 spiro atoms. The molecule has 2 aromatic carbocycles. The van der Waals surface area contributed by atoms with Crippen LogP contribution in [0.1, 0.15) is 23.7 Å². The second kappa shape index (κ2) is 7.28.